The lowest BCUT2D eigenvalue weighted by Crippen LogP contribution is -2.28. The predicted octanol–water partition coefficient (Wildman–Crippen LogP) is 3.26. The van der Waals surface area contributed by atoms with Crippen molar-refractivity contribution in [3.8, 4) is 0 Å². The second-order valence-electron chi connectivity index (χ2n) is 4.65. The fourth-order valence-corrected chi connectivity index (χ4v) is 3.16. The Morgan fingerprint density at radius 1 is 1.35 bits per heavy atom. The zero-order valence-corrected chi connectivity index (χ0v) is 10.8. The van der Waals surface area contributed by atoms with E-state index in [1.807, 2.05) is 11.4 Å². The maximum atomic E-state index is 11.0. The van der Waals surface area contributed by atoms with Gasteiger partial charge in [0.2, 0.25) is 0 Å². The molecule has 2 rings (SSSR count). The first kappa shape index (κ1) is 12.6. The molecular weight excluding hydrogens is 234 g/mol. The first-order valence-corrected chi connectivity index (χ1v) is 7.18. The fraction of sp³-hybridized carbons (Fsp3) is 0.615. The quantitative estimate of drug-likeness (QED) is 0.810. The Labute approximate surface area is 106 Å². The van der Waals surface area contributed by atoms with Crippen LogP contribution in [0.4, 0.5) is 0 Å². The number of hydrogen-bond acceptors (Lipinski definition) is 3. The van der Waals surface area contributed by atoms with E-state index in [1.54, 1.807) is 0 Å². The minimum Gasteiger partial charge on any atom is -0.477 e. The summed E-state index contributed by atoms with van der Waals surface area (Å²) in [6.07, 6.45) is 7.74. The van der Waals surface area contributed by atoms with Gasteiger partial charge in [0.25, 0.3) is 0 Å². The summed E-state index contributed by atoms with van der Waals surface area (Å²) in [6.45, 7) is 0.690. The van der Waals surface area contributed by atoms with Crippen molar-refractivity contribution in [1.29, 1.82) is 0 Å². The molecule has 3 nitrogen and oxygen atoms in total. The highest BCUT2D eigenvalue weighted by atomic mass is 32.1. The van der Waals surface area contributed by atoms with Crippen molar-refractivity contribution in [2.24, 2.45) is 0 Å². The van der Waals surface area contributed by atoms with Gasteiger partial charge in [-0.1, -0.05) is 25.7 Å². The number of aromatic carboxylic acids is 1. The van der Waals surface area contributed by atoms with Crippen LogP contribution in [0.2, 0.25) is 0 Å². The molecule has 0 aliphatic heterocycles. The van der Waals surface area contributed by atoms with Crippen molar-refractivity contribution >= 4 is 17.3 Å². The Bertz CT molecular complexity index is 367. The van der Waals surface area contributed by atoms with E-state index in [0.717, 1.165) is 5.56 Å². The molecule has 0 atom stereocenters. The molecule has 1 fully saturated rings. The lowest BCUT2D eigenvalue weighted by atomic mass is 10.1. The third kappa shape index (κ3) is 3.54. The summed E-state index contributed by atoms with van der Waals surface area (Å²) >= 11 is 1.31. The molecule has 0 spiro atoms. The van der Waals surface area contributed by atoms with E-state index in [0.29, 0.717) is 17.5 Å². The summed E-state index contributed by atoms with van der Waals surface area (Å²) < 4.78 is 0. The van der Waals surface area contributed by atoms with E-state index in [9.17, 15) is 4.79 Å². The van der Waals surface area contributed by atoms with Gasteiger partial charge in [-0.15, -0.1) is 11.3 Å². The smallest absolute Gasteiger partial charge is 0.346 e. The normalized spacial score (nSPS) is 17.9. The van der Waals surface area contributed by atoms with Crippen LogP contribution in [0.25, 0.3) is 0 Å². The third-order valence-corrected chi connectivity index (χ3v) is 4.32. The SMILES string of the molecule is O=C(O)c1sccc1CNC1CCCCCC1. The summed E-state index contributed by atoms with van der Waals surface area (Å²) in [5, 5.41) is 14.4. The number of carbonyl (C=O) groups is 1. The lowest BCUT2D eigenvalue weighted by Gasteiger charge is -2.15. The van der Waals surface area contributed by atoms with Crippen LogP contribution >= 0.6 is 11.3 Å². The average molecular weight is 253 g/mol. The molecule has 0 unspecified atom stereocenters. The van der Waals surface area contributed by atoms with E-state index in [-0.39, 0.29) is 0 Å². The van der Waals surface area contributed by atoms with E-state index in [2.05, 4.69) is 5.32 Å². The Morgan fingerprint density at radius 3 is 2.71 bits per heavy atom. The number of nitrogens with one attached hydrogen (secondary N) is 1. The summed E-state index contributed by atoms with van der Waals surface area (Å²) in [5.41, 5.74) is 0.923. The van der Waals surface area contributed by atoms with E-state index in [4.69, 9.17) is 5.11 Å². The summed E-state index contributed by atoms with van der Waals surface area (Å²) in [7, 11) is 0. The maximum absolute atomic E-state index is 11.0. The number of thiophene rings is 1. The van der Waals surface area contributed by atoms with Crippen molar-refractivity contribution in [2.75, 3.05) is 0 Å². The highest BCUT2D eigenvalue weighted by Crippen LogP contribution is 2.20. The van der Waals surface area contributed by atoms with Gasteiger partial charge < -0.3 is 10.4 Å². The minimum atomic E-state index is -0.808. The molecule has 17 heavy (non-hydrogen) atoms. The number of hydrogen-bond donors (Lipinski definition) is 2. The molecule has 4 heteroatoms. The molecule has 0 bridgehead atoms. The minimum absolute atomic E-state index is 0.478. The summed E-state index contributed by atoms with van der Waals surface area (Å²) in [5.74, 6) is -0.808. The second kappa shape index (κ2) is 6.17. The Balaban J connectivity index is 1.88. The number of carboxylic acids is 1. The number of rotatable bonds is 4. The molecule has 0 amide bonds. The molecule has 1 saturated carbocycles. The van der Waals surface area contributed by atoms with Crippen LogP contribution in [0, 0.1) is 0 Å². The Kier molecular flexibility index (Phi) is 4.57. The van der Waals surface area contributed by atoms with Crippen LogP contribution < -0.4 is 5.32 Å². The second-order valence-corrected chi connectivity index (χ2v) is 5.57. The van der Waals surface area contributed by atoms with Gasteiger partial charge >= 0.3 is 5.97 Å². The molecule has 1 aliphatic carbocycles. The highest BCUT2D eigenvalue weighted by Gasteiger charge is 2.15. The fourth-order valence-electron chi connectivity index (χ4n) is 2.40. The zero-order chi connectivity index (χ0) is 12.1. The van der Waals surface area contributed by atoms with Gasteiger partial charge in [-0.2, -0.15) is 0 Å². The van der Waals surface area contributed by atoms with Crippen LogP contribution in [0.1, 0.15) is 53.8 Å². The van der Waals surface area contributed by atoms with Crippen molar-refractivity contribution in [3.05, 3.63) is 21.9 Å². The van der Waals surface area contributed by atoms with E-state index >= 15 is 0 Å². The topological polar surface area (TPSA) is 49.3 Å². The Morgan fingerprint density at radius 2 is 2.06 bits per heavy atom. The van der Waals surface area contributed by atoms with Gasteiger partial charge in [-0.3, -0.25) is 0 Å². The monoisotopic (exact) mass is 253 g/mol. The molecule has 0 saturated heterocycles. The molecule has 0 aromatic carbocycles. The Hall–Kier alpha value is -0.870. The molecule has 0 radical (unpaired) electrons. The molecular formula is C13H19NO2S. The van der Waals surface area contributed by atoms with Gasteiger partial charge in [-0.25, -0.2) is 4.79 Å². The zero-order valence-electron chi connectivity index (χ0n) is 9.95. The molecule has 1 aliphatic rings. The summed E-state index contributed by atoms with van der Waals surface area (Å²) in [6, 6.07) is 2.48. The molecule has 1 aromatic heterocycles. The van der Waals surface area contributed by atoms with Crippen molar-refractivity contribution in [2.45, 2.75) is 51.1 Å². The lowest BCUT2D eigenvalue weighted by molar-refractivity contribution is 0.0701. The van der Waals surface area contributed by atoms with Crippen LogP contribution in [-0.2, 0) is 6.54 Å². The number of carboxylic acid groups (broad SMARTS) is 1. The van der Waals surface area contributed by atoms with Gasteiger partial charge in [-0.05, 0) is 29.9 Å². The van der Waals surface area contributed by atoms with Crippen molar-refractivity contribution in [1.82, 2.24) is 5.32 Å². The molecule has 1 aromatic rings. The predicted molar refractivity (Wildman–Crippen MR) is 69.6 cm³/mol. The molecule has 94 valence electrons. The van der Waals surface area contributed by atoms with Gasteiger partial charge in [0.15, 0.2) is 0 Å². The highest BCUT2D eigenvalue weighted by molar-refractivity contribution is 7.12. The average Bonchev–Trinajstić information content (AvgIpc) is 2.63. The maximum Gasteiger partial charge on any atom is 0.346 e. The van der Waals surface area contributed by atoms with E-state index in [1.165, 1.54) is 49.9 Å². The standard InChI is InChI=1S/C13H19NO2S/c15-13(16)12-10(7-8-17-12)9-14-11-5-3-1-2-4-6-11/h7-8,11,14H,1-6,9H2,(H,15,16). The van der Waals surface area contributed by atoms with Crippen molar-refractivity contribution in [3.63, 3.8) is 0 Å². The molecule has 1 heterocycles. The van der Waals surface area contributed by atoms with Crippen LogP contribution in [-0.4, -0.2) is 17.1 Å². The van der Waals surface area contributed by atoms with Crippen molar-refractivity contribution < 1.29 is 9.90 Å². The van der Waals surface area contributed by atoms with Crippen LogP contribution in [0.5, 0.6) is 0 Å². The first-order chi connectivity index (χ1) is 8.27. The molecule has 2 N–H and O–H groups in total. The summed E-state index contributed by atoms with van der Waals surface area (Å²) in [4.78, 5) is 11.4. The van der Waals surface area contributed by atoms with Crippen LogP contribution in [0.3, 0.4) is 0 Å². The van der Waals surface area contributed by atoms with Gasteiger partial charge in [0, 0.05) is 12.6 Å². The largest absolute Gasteiger partial charge is 0.477 e. The third-order valence-electron chi connectivity index (χ3n) is 3.38. The van der Waals surface area contributed by atoms with Gasteiger partial charge in [0.05, 0.1) is 0 Å². The van der Waals surface area contributed by atoms with E-state index < -0.39 is 5.97 Å². The van der Waals surface area contributed by atoms with Gasteiger partial charge in [0.1, 0.15) is 4.88 Å². The first-order valence-electron chi connectivity index (χ1n) is 6.30. The van der Waals surface area contributed by atoms with Crippen LogP contribution in [0.15, 0.2) is 11.4 Å².